The highest BCUT2D eigenvalue weighted by atomic mass is 19.3. The van der Waals surface area contributed by atoms with Crippen molar-refractivity contribution < 1.29 is 27.5 Å². The van der Waals surface area contributed by atoms with Gasteiger partial charge in [0.15, 0.2) is 0 Å². The number of benzene rings is 2. The summed E-state index contributed by atoms with van der Waals surface area (Å²) in [5, 5.41) is 7.13. The molecule has 178 valence electrons. The van der Waals surface area contributed by atoms with E-state index in [9.17, 15) is 13.6 Å². The minimum Gasteiger partial charge on any atom is -0.491 e. The summed E-state index contributed by atoms with van der Waals surface area (Å²) in [5.74, 6) is -0.101. The van der Waals surface area contributed by atoms with Crippen molar-refractivity contribution in [1.29, 1.82) is 0 Å². The maximum Gasteiger partial charge on any atom is 0.314 e. The third-order valence-electron chi connectivity index (χ3n) is 6.61. The smallest absolute Gasteiger partial charge is 0.314 e. The third kappa shape index (κ3) is 4.27. The van der Waals surface area contributed by atoms with Gasteiger partial charge in [-0.1, -0.05) is 43.3 Å². The summed E-state index contributed by atoms with van der Waals surface area (Å²) >= 11 is 0. The summed E-state index contributed by atoms with van der Waals surface area (Å²) < 4.78 is 42.5. The van der Waals surface area contributed by atoms with E-state index in [-0.39, 0.29) is 24.4 Å². The molecule has 0 spiro atoms. The SMILES string of the molecule is CC1(C(=O)N2Cc3ccc(-c4nnc(C(F)F)o4)cc3OCC2c2ccccc2)CCOCC1. The van der Waals surface area contributed by atoms with Crippen molar-refractivity contribution in [3.05, 3.63) is 65.5 Å². The van der Waals surface area contributed by atoms with Gasteiger partial charge in [0, 0.05) is 24.3 Å². The van der Waals surface area contributed by atoms with E-state index in [4.69, 9.17) is 13.9 Å². The minimum absolute atomic E-state index is 0.00629. The van der Waals surface area contributed by atoms with Gasteiger partial charge < -0.3 is 18.8 Å². The van der Waals surface area contributed by atoms with Crippen LogP contribution < -0.4 is 4.74 Å². The number of rotatable bonds is 4. The molecule has 1 saturated heterocycles. The molecule has 2 aromatic carbocycles. The predicted molar refractivity (Wildman–Crippen MR) is 118 cm³/mol. The van der Waals surface area contributed by atoms with Gasteiger partial charge >= 0.3 is 6.43 Å². The summed E-state index contributed by atoms with van der Waals surface area (Å²) in [4.78, 5) is 15.8. The standard InChI is InChI=1S/C25H25F2N3O4/c1-25(9-11-32-12-10-25)24(31)30-14-18-8-7-17(22-28-29-23(34-22)21(26)27)13-20(18)33-15-19(30)16-5-3-2-4-6-16/h2-8,13,19,21H,9-12,14-15H2,1H3. The van der Waals surface area contributed by atoms with E-state index >= 15 is 0 Å². The molecule has 1 atom stereocenters. The summed E-state index contributed by atoms with van der Waals surface area (Å²) in [6, 6.07) is 14.8. The topological polar surface area (TPSA) is 77.7 Å². The van der Waals surface area contributed by atoms with Crippen molar-refractivity contribution in [1.82, 2.24) is 15.1 Å². The number of nitrogens with zero attached hydrogens (tertiary/aromatic N) is 3. The Morgan fingerprint density at radius 3 is 2.59 bits per heavy atom. The van der Waals surface area contributed by atoms with Crippen LogP contribution in [0.25, 0.3) is 11.5 Å². The van der Waals surface area contributed by atoms with Crippen LogP contribution in [0.15, 0.2) is 52.9 Å². The van der Waals surface area contributed by atoms with Crippen molar-refractivity contribution in [2.75, 3.05) is 19.8 Å². The van der Waals surface area contributed by atoms with E-state index in [1.807, 2.05) is 48.2 Å². The molecule has 5 rings (SSSR count). The molecule has 1 unspecified atom stereocenters. The molecule has 1 aromatic heterocycles. The largest absolute Gasteiger partial charge is 0.491 e. The molecule has 2 aliphatic rings. The molecule has 7 nitrogen and oxygen atoms in total. The first-order valence-electron chi connectivity index (χ1n) is 11.3. The molecule has 3 aromatic rings. The number of aromatic nitrogens is 2. The maximum absolute atomic E-state index is 13.9. The van der Waals surface area contributed by atoms with Gasteiger partial charge in [-0.15, -0.1) is 10.2 Å². The highest BCUT2D eigenvalue weighted by molar-refractivity contribution is 5.83. The molecule has 0 bridgehead atoms. The number of alkyl halides is 2. The fourth-order valence-corrected chi connectivity index (χ4v) is 4.49. The molecule has 3 heterocycles. The summed E-state index contributed by atoms with van der Waals surface area (Å²) in [6.45, 7) is 3.74. The Balaban J connectivity index is 1.49. The minimum atomic E-state index is -2.84. The van der Waals surface area contributed by atoms with Crippen LogP contribution >= 0.6 is 0 Å². The lowest BCUT2D eigenvalue weighted by molar-refractivity contribution is -0.150. The van der Waals surface area contributed by atoms with Crippen molar-refractivity contribution in [2.24, 2.45) is 5.41 Å². The Labute approximate surface area is 195 Å². The van der Waals surface area contributed by atoms with E-state index in [0.717, 1.165) is 11.1 Å². The lowest BCUT2D eigenvalue weighted by Gasteiger charge is -2.39. The van der Waals surface area contributed by atoms with E-state index in [1.165, 1.54) is 0 Å². The summed E-state index contributed by atoms with van der Waals surface area (Å²) in [7, 11) is 0. The Morgan fingerprint density at radius 2 is 1.88 bits per heavy atom. The zero-order valence-electron chi connectivity index (χ0n) is 18.7. The van der Waals surface area contributed by atoms with Gasteiger partial charge in [-0.3, -0.25) is 4.79 Å². The van der Waals surface area contributed by atoms with Crippen molar-refractivity contribution >= 4 is 5.91 Å². The molecule has 1 amide bonds. The second kappa shape index (κ2) is 9.13. The number of ether oxygens (including phenoxy) is 2. The fourth-order valence-electron chi connectivity index (χ4n) is 4.49. The first-order chi connectivity index (χ1) is 16.4. The Morgan fingerprint density at radius 1 is 1.12 bits per heavy atom. The molecule has 34 heavy (non-hydrogen) atoms. The van der Waals surface area contributed by atoms with Gasteiger partial charge in [-0.25, -0.2) is 0 Å². The van der Waals surface area contributed by atoms with Gasteiger partial charge in [-0.05, 0) is 30.5 Å². The molecule has 0 aliphatic carbocycles. The maximum atomic E-state index is 13.9. The highest BCUT2D eigenvalue weighted by Crippen LogP contribution is 2.39. The van der Waals surface area contributed by atoms with Crippen LogP contribution in [0.2, 0.25) is 0 Å². The monoisotopic (exact) mass is 469 g/mol. The van der Waals surface area contributed by atoms with Crippen LogP contribution in [0.1, 0.15) is 49.3 Å². The molecule has 0 radical (unpaired) electrons. The number of hydrogen-bond acceptors (Lipinski definition) is 6. The van der Waals surface area contributed by atoms with Crippen LogP contribution in [-0.2, 0) is 16.1 Å². The van der Waals surface area contributed by atoms with Crippen molar-refractivity contribution in [2.45, 2.75) is 38.8 Å². The van der Waals surface area contributed by atoms with Gasteiger partial charge in [0.1, 0.15) is 12.4 Å². The zero-order chi connectivity index (χ0) is 23.7. The Kier molecular flexibility index (Phi) is 6.03. The average Bonchev–Trinajstić information content (AvgIpc) is 3.28. The molecular formula is C25H25F2N3O4. The second-order valence-corrected chi connectivity index (χ2v) is 8.91. The molecule has 2 aliphatic heterocycles. The molecular weight excluding hydrogens is 444 g/mol. The average molecular weight is 469 g/mol. The number of fused-ring (bicyclic) bond motifs is 1. The van der Waals surface area contributed by atoms with Gasteiger partial charge in [0.05, 0.1) is 18.0 Å². The van der Waals surface area contributed by atoms with Crippen LogP contribution in [0.5, 0.6) is 5.75 Å². The van der Waals surface area contributed by atoms with Crippen molar-refractivity contribution in [3.63, 3.8) is 0 Å². The van der Waals surface area contributed by atoms with Crippen LogP contribution in [0.3, 0.4) is 0 Å². The van der Waals surface area contributed by atoms with Gasteiger partial charge in [0.2, 0.25) is 11.8 Å². The predicted octanol–water partition coefficient (Wildman–Crippen LogP) is 4.95. The van der Waals surface area contributed by atoms with Crippen molar-refractivity contribution in [3.8, 4) is 17.2 Å². The second-order valence-electron chi connectivity index (χ2n) is 8.91. The summed E-state index contributed by atoms with van der Waals surface area (Å²) in [5.41, 5.74) is 1.77. The van der Waals surface area contributed by atoms with Crippen LogP contribution in [-0.4, -0.2) is 40.8 Å². The molecule has 9 heteroatoms. The normalized spacial score (nSPS) is 19.9. The van der Waals surface area contributed by atoms with Crippen LogP contribution in [0, 0.1) is 5.41 Å². The van der Waals surface area contributed by atoms with E-state index in [0.29, 0.717) is 43.9 Å². The van der Waals surface area contributed by atoms with E-state index in [1.54, 1.807) is 12.1 Å². The van der Waals surface area contributed by atoms with Crippen LogP contribution in [0.4, 0.5) is 8.78 Å². The van der Waals surface area contributed by atoms with Gasteiger partial charge in [0.25, 0.3) is 5.89 Å². The number of hydrogen-bond donors (Lipinski definition) is 0. The first kappa shape index (κ1) is 22.5. The summed E-state index contributed by atoms with van der Waals surface area (Å²) in [6.07, 6.45) is -1.50. The molecule has 0 N–H and O–H groups in total. The molecule has 0 saturated carbocycles. The lowest BCUT2D eigenvalue weighted by atomic mass is 9.80. The third-order valence-corrected chi connectivity index (χ3v) is 6.61. The Hall–Kier alpha value is -3.33. The Bertz CT molecular complexity index is 1160. The highest BCUT2D eigenvalue weighted by Gasteiger charge is 2.42. The van der Waals surface area contributed by atoms with E-state index < -0.39 is 17.7 Å². The fraction of sp³-hybridized carbons (Fsp3) is 0.400. The molecule has 1 fully saturated rings. The first-order valence-corrected chi connectivity index (χ1v) is 11.3. The number of amides is 1. The quantitative estimate of drug-likeness (QED) is 0.538. The van der Waals surface area contributed by atoms with Gasteiger partial charge in [-0.2, -0.15) is 8.78 Å². The zero-order valence-corrected chi connectivity index (χ0v) is 18.7. The lowest BCUT2D eigenvalue weighted by Crippen LogP contribution is -2.47. The number of carbonyl (C=O) groups excluding carboxylic acids is 1. The number of halogens is 2. The number of carbonyl (C=O) groups is 1. The van der Waals surface area contributed by atoms with E-state index in [2.05, 4.69) is 10.2 Å².